The summed E-state index contributed by atoms with van der Waals surface area (Å²) in [5.74, 6) is -0.331. The van der Waals surface area contributed by atoms with E-state index in [4.69, 9.17) is 11.6 Å². The molecule has 0 radical (unpaired) electrons. The number of aromatic nitrogens is 1. The Kier molecular flexibility index (Phi) is 2.22. The average molecular weight is 260 g/mol. The maximum Gasteiger partial charge on any atom is 0.138 e. The van der Waals surface area contributed by atoms with Gasteiger partial charge in [-0.2, -0.15) is 0 Å². The molecule has 0 saturated carbocycles. The van der Waals surface area contributed by atoms with Crippen LogP contribution in [0.25, 0.3) is 10.8 Å². The van der Waals surface area contributed by atoms with Gasteiger partial charge in [0.25, 0.3) is 0 Å². The Bertz CT molecular complexity index is 472. The van der Waals surface area contributed by atoms with E-state index in [1.54, 1.807) is 18.3 Å². The van der Waals surface area contributed by atoms with E-state index in [9.17, 15) is 4.39 Å². The van der Waals surface area contributed by atoms with Gasteiger partial charge in [-0.3, -0.25) is 0 Å². The molecule has 1 aromatic carbocycles. The molecule has 1 heterocycles. The molecule has 2 aromatic rings. The molecule has 4 heteroatoms. The second kappa shape index (κ2) is 3.24. The number of hydrogen-bond acceptors (Lipinski definition) is 1. The van der Waals surface area contributed by atoms with E-state index < -0.39 is 0 Å². The molecule has 0 saturated heterocycles. The van der Waals surface area contributed by atoms with Crippen LogP contribution in [0.3, 0.4) is 0 Å². The summed E-state index contributed by atoms with van der Waals surface area (Å²) in [5.41, 5.74) is 0. The lowest BCUT2D eigenvalue weighted by Gasteiger charge is -2.00. The molecule has 0 unspecified atom stereocenters. The topological polar surface area (TPSA) is 12.9 Å². The molecule has 66 valence electrons. The van der Waals surface area contributed by atoms with Crippen LogP contribution < -0.4 is 0 Å². The zero-order chi connectivity index (χ0) is 9.42. The first-order valence-corrected chi connectivity index (χ1v) is 4.75. The SMILES string of the molecule is Fc1cc2c(Cl)nccc2cc1Br. The average Bonchev–Trinajstić information content (AvgIpc) is 2.09. The third-order valence-electron chi connectivity index (χ3n) is 1.76. The van der Waals surface area contributed by atoms with Crippen molar-refractivity contribution in [1.82, 2.24) is 4.98 Å². The monoisotopic (exact) mass is 259 g/mol. The van der Waals surface area contributed by atoms with Crippen molar-refractivity contribution in [3.8, 4) is 0 Å². The molecular formula is C9H4BrClFN. The number of nitrogens with zero attached hydrogens (tertiary/aromatic N) is 1. The van der Waals surface area contributed by atoms with Crippen LogP contribution in [0.4, 0.5) is 4.39 Å². The summed E-state index contributed by atoms with van der Waals surface area (Å²) in [6, 6.07) is 4.83. The fourth-order valence-corrected chi connectivity index (χ4v) is 1.71. The molecule has 0 aliphatic rings. The Hall–Kier alpha value is -0.670. The maximum absolute atomic E-state index is 13.1. The Morgan fingerprint density at radius 2 is 2.15 bits per heavy atom. The number of hydrogen-bond donors (Lipinski definition) is 0. The van der Waals surface area contributed by atoms with Crippen LogP contribution in [0.15, 0.2) is 28.9 Å². The van der Waals surface area contributed by atoms with Crippen LogP contribution in [-0.4, -0.2) is 4.98 Å². The fraction of sp³-hybridized carbons (Fsp3) is 0. The van der Waals surface area contributed by atoms with Crippen molar-refractivity contribution in [2.75, 3.05) is 0 Å². The van der Waals surface area contributed by atoms with E-state index >= 15 is 0 Å². The summed E-state index contributed by atoms with van der Waals surface area (Å²) in [5, 5.41) is 1.82. The van der Waals surface area contributed by atoms with Gasteiger partial charge in [-0.15, -0.1) is 0 Å². The molecular weight excluding hydrogens is 256 g/mol. The van der Waals surface area contributed by atoms with Crippen molar-refractivity contribution in [3.05, 3.63) is 39.8 Å². The molecule has 0 fully saturated rings. The van der Waals surface area contributed by atoms with Crippen LogP contribution in [0.1, 0.15) is 0 Å². The molecule has 13 heavy (non-hydrogen) atoms. The molecule has 0 aliphatic heterocycles. The Balaban J connectivity index is 2.89. The van der Waals surface area contributed by atoms with Gasteiger partial charge in [0.2, 0.25) is 0 Å². The molecule has 0 atom stereocenters. The Morgan fingerprint density at radius 1 is 1.38 bits per heavy atom. The lowest BCUT2D eigenvalue weighted by molar-refractivity contribution is 0.623. The Morgan fingerprint density at radius 3 is 2.92 bits per heavy atom. The van der Waals surface area contributed by atoms with E-state index in [-0.39, 0.29) is 5.82 Å². The first-order chi connectivity index (χ1) is 6.18. The lowest BCUT2D eigenvalue weighted by atomic mass is 10.2. The van der Waals surface area contributed by atoms with E-state index in [1.807, 2.05) is 0 Å². The van der Waals surface area contributed by atoms with Crippen LogP contribution in [0, 0.1) is 5.82 Å². The van der Waals surface area contributed by atoms with Crippen molar-refractivity contribution >= 4 is 38.3 Å². The zero-order valence-corrected chi connectivity index (χ0v) is 8.73. The second-order valence-electron chi connectivity index (χ2n) is 2.59. The van der Waals surface area contributed by atoms with Crippen LogP contribution in [-0.2, 0) is 0 Å². The van der Waals surface area contributed by atoms with E-state index in [2.05, 4.69) is 20.9 Å². The predicted octanol–water partition coefficient (Wildman–Crippen LogP) is 3.79. The predicted molar refractivity (Wildman–Crippen MR) is 54.4 cm³/mol. The Labute approximate surface area is 87.7 Å². The molecule has 0 bridgehead atoms. The molecule has 0 amide bonds. The number of rotatable bonds is 0. The van der Waals surface area contributed by atoms with Crippen molar-refractivity contribution in [1.29, 1.82) is 0 Å². The third-order valence-corrected chi connectivity index (χ3v) is 2.67. The van der Waals surface area contributed by atoms with Gasteiger partial charge in [0.15, 0.2) is 0 Å². The summed E-state index contributed by atoms with van der Waals surface area (Å²) >= 11 is 8.89. The number of halogens is 3. The minimum absolute atomic E-state index is 0.323. The molecule has 0 spiro atoms. The van der Waals surface area contributed by atoms with Gasteiger partial charge < -0.3 is 0 Å². The minimum Gasteiger partial charge on any atom is -0.244 e. The van der Waals surface area contributed by atoms with E-state index in [0.717, 1.165) is 5.39 Å². The van der Waals surface area contributed by atoms with Gasteiger partial charge in [-0.1, -0.05) is 11.6 Å². The molecule has 2 rings (SSSR count). The van der Waals surface area contributed by atoms with Crippen molar-refractivity contribution in [3.63, 3.8) is 0 Å². The fourth-order valence-electron chi connectivity index (χ4n) is 1.13. The molecule has 1 nitrogen and oxygen atoms in total. The highest BCUT2D eigenvalue weighted by molar-refractivity contribution is 9.10. The van der Waals surface area contributed by atoms with Gasteiger partial charge >= 0.3 is 0 Å². The third kappa shape index (κ3) is 1.54. The summed E-state index contributed by atoms with van der Waals surface area (Å²) in [6.07, 6.45) is 1.59. The smallest absolute Gasteiger partial charge is 0.138 e. The maximum atomic E-state index is 13.1. The summed E-state index contributed by atoms with van der Waals surface area (Å²) in [7, 11) is 0. The highest BCUT2D eigenvalue weighted by atomic mass is 79.9. The lowest BCUT2D eigenvalue weighted by Crippen LogP contribution is -1.82. The van der Waals surface area contributed by atoms with Gasteiger partial charge in [0.05, 0.1) is 4.47 Å². The summed E-state index contributed by atoms with van der Waals surface area (Å²) in [6.45, 7) is 0. The highest BCUT2D eigenvalue weighted by Gasteiger charge is 2.04. The normalized spacial score (nSPS) is 10.7. The van der Waals surface area contributed by atoms with Gasteiger partial charge in [0, 0.05) is 11.6 Å². The minimum atomic E-state index is -0.331. The van der Waals surface area contributed by atoms with Crippen molar-refractivity contribution in [2.45, 2.75) is 0 Å². The van der Waals surface area contributed by atoms with Crippen molar-refractivity contribution in [2.24, 2.45) is 0 Å². The summed E-state index contributed by atoms with van der Waals surface area (Å²) < 4.78 is 13.5. The number of benzene rings is 1. The first-order valence-electron chi connectivity index (χ1n) is 3.58. The summed E-state index contributed by atoms with van der Waals surface area (Å²) in [4.78, 5) is 3.86. The quantitative estimate of drug-likeness (QED) is 0.657. The van der Waals surface area contributed by atoms with Crippen LogP contribution in [0.5, 0.6) is 0 Å². The zero-order valence-electron chi connectivity index (χ0n) is 6.39. The largest absolute Gasteiger partial charge is 0.244 e. The van der Waals surface area contributed by atoms with Gasteiger partial charge in [-0.05, 0) is 39.5 Å². The van der Waals surface area contributed by atoms with Gasteiger partial charge in [-0.25, -0.2) is 9.37 Å². The van der Waals surface area contributed by atoms with E-state index in [1.165, 1.54) is 6.07 Å². The standard InChI is InChI=1S/C9H4BrClFN/c10-7-3-5-1-2-13-9(11)6(5)4-8(7)12/h1-4H. The molecule has 0 aliphatic carbocycles. The number of pyridine rings is 1. The highest BCUT2D eigenvalue weighted by Crippen LogP contribution is 2.26. The van der Waals surface area contributed by atoms with Gasteiger partial charge in [0.1, 0.15) is 11.0 Å². The molecule has 0 N–H and O–H groups in total. The van der Waals surface area contributed by atoms with Crippen LogP contribution >= 0.6 is 27.5 Å². The van der Waals surface area contributed by atoms with Crippen LogP contribution in [0.2, 0.25) is 5.15 Å². The van der Waals surface area contributed by atoms with Crippen molar-refractivity contribution < 1.29 is 4.39 Å². The second-order valence-corrected chi connectivity index (χ2v) is 3.80. The first kappa shape index (κ1) is 8.91. The number of fused-ring (bicyclic) bond motifs is 1. The van der Waals surface area contributed by atoms with E-state index in [0.29, 0.717) is 15.0 Å². The molecule has 1 aromatic heterocycles.